The summed E-state index contributed by atoms with van der Waals surface area (Å²) in [6, 6.07) is 0. The van der Waals surface area contributed by atoms with Crippen molar-refractivity contribution in [1.29, 1.82) is 0 Å². The van der Waals surface area contributed by atoms with Crippen LogP contribution in [0, 0.1) is 11.8 Å². The molecule has 0 saturated heterocycles. The molecule has 0 N–H and O–H groups in total. The predicted molar refractivity (Wildman–Crippen MR) is 58.3 cm³/mol. The molecule has 0 aromatic carbocycles. The minimum Gasteiger partial charge on any atom is -0.473 e. The van der Waals surface area contributed by atoms with Crippen LogP contribution in [0.5, 0.6) is 0 Å². The van der Waals surface area contributed by atoms with Gasteiger partial charge < -0.3 is 4.74 Å². The van der Waals surface area contributed by atoms with E-state index in [0.717, 1.165) is 12.8 Å². The maximum Gasteiger partial charge on any atom is 0.0864 e. The maximum absolute atomic E-state index is 5.22. The second-order valence-electron chi connectivity index (χ2n) is 3.56. The zero-order valence-corrected chi connectivity index (χ0v) is 9.29. The van der Waals surface area contributed by atoms with Crippen LogP contribution >= 0.6 is 0 Å². The summed E-state index contributed by atoms with van der Waals surface area (Å²) in [7, 11) is 0. The van der Waals surface area contributed by atoms with Crippen LogP contribution in [-0.2, 0) is 4.74 Å². The van der Waals surface area contributed by atoms with E-state index in [1.54, 1.807) is 12.5 Å². The molecule has 0 aliphatic carbocycles. The fourth-order valence-electron chi connectivity index (χ4n) is 0.676. The van der Waals surface area contributed by atoms with Crippen molar-refractivity contribution in [1.82, 2.24) is 0 Å². The second kappa shape index (κ2) is 7.90. The van der Waals surface area contributed by atoms with E-state index in [4.69, 9.17) is 4.74 Å². The maximum atomic E-state index is 5.22. The number of ether oxygens (including phenoxy) is 1. The van der Waals surface area contributed by atoms with E-state index in [9.17, 15) is 0 Å². The second-order valence-corrected chi connectivity index (χ2v) is 3.56. The number of hydrogen-bond donors (Lipinski definition) is 0. The largest absolute Gasteiger partial charge is 0.473 e. The van der Waals surface area contributed by atoms with Crippen molar-refractivity contribution < 1.29 is 4.74 Å². The van der Waals surface area contributed by atoms with Gasteiger partial charge in [0.1, 0.15) is 0 Å². The molecule has 13 heavy (non-hydrogen) atoms. The van der Waals surface area contributed by atoms with Crippen molar-refractivity contribution in [2.45, 2.75) is 40.5 Å². The molecule has 0 saturated carbocycles. The first kappa shape index (κ1) is 12.3. The van der Waals surface area contributed by atoms with Gasteiger partial charge in [-0.3, -0.25) is 0 Å². The summed E-state index contributed by atoms with van der Waals surface area (Å²) in [5, 5.41) is 0. The van der Waals surface area contributed by atoms with Gasteiger partial charge >= 0.3 is 0 Å². The lowest BCUT2D eigenvalue weighted by atomic mass is 10.1. The lowest BCUT2D eigenvalue weighted by Crippen LogP contribution is -1.85. The third-order valence-electron chi connectivity index (χ3n) is 2.26. The molecule has 0 aliphatic heterocycles. The molecular formula is C12H22O. The van der Waals surface area contributed by atoms with Gasteiger partial charge in [0, 0.05) is 0 Å². The zero-order valence-electron chi connectivity index (χ0n) is 9.29. The van der Waals surface area contributed by atoms with E-state index in [-0.39, 0.29) is 0 Å². The van der Waals surface area contributed by atoms with E-state index in [0.29, 0.717) is 11.8 Å². The molecule has 2 unspecified atom stereocenters. The standard InChI is InChI=1S/C12H22O/c1-5-11(3)7-9-13-10-8-12(4)6-2/h7-12H,5-6H2,1-4H3/b9-7+,10-8+. The normalized spacial score (nSPS) is 16.6. The highest BCUT2D eigenvalue weighted by Gasteiger charge is 1.90. The number of hydrogen-bond acceptors (Lipinski definition) is 1. The Balaban J connectivity index is 3.54. The molecule has 1 heteroatoms. The summed E-state index contributed by atoms with van der Waals surface area (Å²) in [5.74, 6) is 1.22. The fourth-order valence-corrected chi connectivity index (χ4v) is 0.676. The summed E-state index contributed by atoms with van der Waals surface area (Å²) >= 11 is 0. The molecule has 0 bridgehead atoms. The zero-order chi connectivity index (χ0) is 10.1. The molecule has 0 aromatic heterocycles. The molecular weight excluding hydrogens is 160 g/mol. The quantitative estimate of drug-likeness (QED) is 0.561. The van der Waals surface area contributed by atoms with Crippen LogP contribution < -0.4 is 0 Å². The summed E-state index contributed by atoms with van der Waals surface area (Å²) in [6.45, 7) is 8.70. The highest BCUT2D eigenvalue weighted by molar-refractivity contribution is 4.84. The monoisotopic (exact) mass is 182 g/mol. The van der Waals surface area contributed by atoms with Crippen LogP contribution in [0.3, 0.4) is 0 Å². The Morgan fingerprint density at radius 3 is 1.62 bits per heavy atom. The Kier molecular flexibility index (Phi) is 7.47. The highest BCUT2D eigenvalue weighted by Crippen LogP contribution is 2.04. The van der Waals surface area contributed by atoms with E-state index in [1.807, 2.05) is 0 Å². The van der Waals surface area contributed by atoms with Crippen LogP contribution in [-0.4, -0.2) is 0 Å². The Hall–Kier alpha value is -0.720. The summed E-state index contributed by atoms with van der Waals surface area (Å²) in [4.78, 5) is 0. The smallest absolute Gasteiger partial charge is 0.0864 e. The minimum atomic E-state index is 0.608. The van der Waals surface area contributed by atoms with Gasteiger partial charge in [-0.1, -0.05) is 27.7 Å². The third-order valence-corrected chi connectivity index (χ3v) is 2.26. The predicted octanol–water partition coefficient (Wildman–Crippen LogP) is 4.12. The first-order chi connectivity index (χ1) is 6.20. The molecule has 76 valence electrons. The van der Waals surface area contributed by atoms with Gasteiger partial charge in [0.25, 0.3) is 0 Å². The van der Waals surface area contributed by atoms with Gasteiger partial charge in [0.05, 0.1) is 12.5 Å². The van der Waals surface area contributed by atoms with Gasteiger partial charge in [0.15, 0.2) is 0 Å². The van der Waals surface area contributed by atoms with Crippen LogP contribution in [0.1, 0.15) is 40.5 Å². The third kappa shape index (κ3) is 7.63. The topological polar surface area (TPSA) is 9.23 Å². The van der Waals surface area contributed by atoms with Gasteiger partial charge in [-0.2, -0.15) is 0 Å². The van der Waals surface area contributed by atoms with Crippen molar-refractivity contribution in [2.24, 2.45) is 11.8 Å². The van der Waals surface area contributed by atoms with E-state index < -0.39 is 0 Å². The average molecular weight is 182 g/mol. The van der Waals surface area contributed by atoms with Gasteiger partial charge in [-0.15, -0.1) is 0 Å². The van der Waals surface area contributed by atoms with Crippen LogP contribution in [0.15, 0.2) is 24.7 Å². The first-order valence-corrected chi connectivity index (χ1v) is 5.19. The van der Waals surface area contributed by atoms with E-state index >= 15 is 0 Å². The Morgan fingerprint density at radius 2 is 1.31 bits per heavy atom. The summed E-state index contributed by atoms with van der Waals surface area (Å²) in [6.07, 6.45) is 10.0. The molecule has 0 amide bonds. The van der Waals surface area contributed by atoms with E-state index in [1.165, 1.54) is 0 Å². The molecule has 2 atom stereocenters. The molecule has 0 rings (SSSR count). The average Bonchev–Trinajstić information content (AvgIpc) is 2.16. The molecule has 0 radical (unpaired) electrons. The van der Waals surface area contributed by atoms with Crippen LogP contribution in [0.25, 0.3) is 0 Å². The van der Waals surface area contributed by atoms with E-state index in [2.05, 4.69) is 39.8 Å². The number of allylic oxidation sites excluding steroid dienone is 2. The first-order valence-electron chi connectivity index (χ1n) is 5.19. The van der Waals surface area contributed by atoms with Crippen molar-refractivity contribution in [3.63, 3.8) is 0 Å². The highest BCUT2D eigenvalue weighted by atomic mass is 16.5. The lowest BCUT2D eigenvalue weighted by Gasteiger charge is -2.00. The van der Waals surface area contributed by atoms with Crippen molar-refractivity contribution >= 4 is 0 Å². The molecule has 0 spiro atoms. The molecule has 1 nitrogen and oxygen atoms in total. The van der Waals surface area contributed by atoms with Crippen molar-refractivity contribution in [3.8, 4) is 0 Å². The van der Waals surface area contributed by atoms with Gasteiger partial charge in [-0.05, 0) is 36.8 Å². The van der Waals surface area contributed by atoms with Crippen LogP contribution in [0.4, 0.5) is 0 Å². The van der Waals surface area contributed by atoms with Crippen LogP contribution in [0.2, 0.25) is 0 Å². The lowest BCUT2D eigenvalue weighted by molar-refractivity contribution is 0.391. The Labute approximate surface area is 82.5 Å². The summed E-state index contributed by atoms with van der Waals surface area (Å²) < 4.78 is 5.22. The number of rotatable bonds is 6. The van der Waals surface area contributed by atoms with Gasteiger partial charge in [0.2, 0.25) is 0 Å². The van der Waals surface area contributed by atoms with Crippen molar-refractivity contribution in [2.75, 3.05) is 0 Å². The molecule has 0 fully saturated rings. The summed E-state index contributed by atoms with van der Waals surface area (Å²) in [5.41, 5.74) is 0. The fraction of sp³-hybridized carbons (Fsp3) is 0.667. The molecule has 0 aromatic rings. The Bertz CT molecular complexity index is 141. The molecule has 0 heterocycles. The minimum absolute atomic E-state index is 0.608. The van der Waals surface area contributed by atoms with Gasteiger partial charge in [-0.25, -0.2) is 0 Å². The SMILES string of the molecule is CCC(C)/C=C/O/C=C/C(C)CC. The Morgan fingerprint density at radius 1 is 0.923 bits per heavy atom. The molecule has 0 aliphatic rings. The van der Waals surface area contributed by atoms with Crippen molar-refractivity contribution in [3.05, 3.63) is 24.7 Å².